The third-order valence-electron chi connectivity index (χ3n) is 3.55. The zero-order valence-electron chi connectivity index (χ0n) is 14.4. The smallest absolute Gasteiger partial charge is 0.173 e. The minimum absolute atomic E-state index is 0.0188. The van der Waals surface area contributed by atoms with Gasteiger partial charge in [0.25, 0.3) is 0 Å². The topological polar surface area (TPSA) is 39.2 Å². The highest BCUT2D eigenvalue weighted by Crippen LogP contribution is 2.26. The minimum Gasteiger partial charge on any atom is -0.483 e. The van der Waals surface area contributed by atoms with Gasteiger partial charge in [-0.15, -0.1) is 0 Å². The lowest BCUT2D eigenvalue weighted by Crippen LogP contribution is -2.27. The van der Waals surface area contributed by atoms with Crippen molar-refractivity contribution in [1.82, 2.24) is 4.98 Å². The van der Waals surface area contributed by atoms with Crippen LogP contribution in [-0.2, 0) is 4.79 Å². The highest BCUT2D eigenvalue weighted by molar-refractivity contribution is 5.85. The Morgan fingerprint density at radius 1 is 1.23 bits per heavy atom. The number of ether oxygens (including phenoxy) is 1. The molecule has 0 fully saturated rings. The molecule has 1 heterocycles. The lowest BCUT2D eigenvalue weighted by molar-refractivity contribution is -0.126. The zero-order chi connectivity index (χ0) is 16.5. The molecule has 0 spiro atoms. The summed E-state index contributed by atoms with van der Waals surface area (Å²) >= 11 is 0. The Morgan fingerprint density at radius 3 is 2.55 bits per heavy atom. The van der Waals surface area contributed by atoms with E-state index in [-0.39, 0.29) is 11.2 Å². The molecule has 0 radical (unpaired) electrons. The molecule has 0 saturated carbocycles. The van der Waals surface area contributed by atoms with Crippen molar-refractivity contribution < 1.29 is 9.53 Å². The van der Waals surface area contributed by atoms with E-state index in [1.165, 1.54) is 0 Å². The van der Waals surface area contributed by atoms with Crippen LogP contribution in [0.25, 0.3) is 10.9 Å². The first-order valence-electron chi connectivity index (χ1n) is 7.72. The molecular weight excluding hydrogens is 274 g/mol. The minimum atomic E-state index is -0.436. The van der Waals surface area contributed by atoms with Crippen LogP contribution in [0.15, 0.2) is 24.4 Å². The summed E-state index contributed by atoms with van der Waals surface area (Å²) in [6.07, 6.45) is 1.95. The first kappa shape index (κ1) is 16.5. The van der Waals surface area contributed by atoms with Gasteiger partial charge in [0.2, 0.25) is 0 Å². The molecular formula is C19H25NO2. The number of carbonyl (C=O) groups excluding carboxylic acids is 1. The van der Waals surface area contributed by atoms with Gasteiger partial charge in [-0.05, 0) is 55.5 Å². The summed E-state index contributed by atoms with van der Waals surface area (Å²) in [6, 6.07) is 6.00. The quantitative estimate of drug-likeness (QED) is 0.826. The van der Waals surface area contributed by atoms with Gasteiger partial charge < -0.3 is 4.74 Å². The molecule has 22 heavy (non-hydrogen) atoms. The molecule has 0 aliphatic carbocycles. The molecule has 1 atom stereocenters. The second-order valence-corrected chi connectivity index (χ2v) is 7.29. The standard InChI is InChI=1S/C19H25NO2/c1-12-7-15-9-16(8-13(2)18(15)20-11-12)22-14(3)17(21)10-19(4,5)6/h7-9,11,14H,10H2,1-6H3. The Bertz CT molecular complexity index is 698. The van der Waals surface area contributed by atoms with Crippen LogP contribution >= 0.6 is 0 Å². The molecule has 3 nitrogen and oxygen atoms in total. The van der Waals surface area contributed by atoms with Crippen LogP contribution < -0.4 is 4.74 Å². The Labute approximate surface area is 132 Å². The van der Waals surface area contributed by atoms with Gasteiger partial charge in [0.1, 0.15) is 5.75 Å². The molecule has 1 unspecified atom stereocenters. The summed E-state index contributed by atoms with van der Waals surface area (Å²) in [6.45, 7) is 12.0. The Hall–Kier alpha value is -1.90. The number of hydrogen-bond donors (Lipinski definition) is 0. The molecule has 2 aromatic rings. The summed E-state index contributed by atoms with van der Waals surface area (Å²) in [4.78, 5) is 16.7. The van der Waals surface area contributed by atoms with Crippen LogP contribution in [0, 0.1) is 19.3 Å². The maximum Gasteiger partial charge on any atom is 0.173 e. The van der Waals surface area contributed by atoms with Crippen LogP contribution in [0.2, 0.25) is 0 Å². The number of pyridine rings is 1. The van der Waals surface area contributed by atoms with E-state index >= 15 is 0 Å². The fourth-order valence-corrected chi connectivity index (χ4v) is 2.51. The number of ketones is 1. The van der Waals surface area contributed by atoms with E-state index in [1.54, 1.807) is 0 Å². The van der Waals surface area contributed by atoms with Crippen molar-refractivity contribution in [1.29, 1.82) is 0 Å². The third kappa shape index (κ3) is 4.06. The molecule has 2 rings (SSSR count). The van der Waals surface area contributed by atoms with Gasteiger partial charge in [-0.2, -0.15) is 0 Å². The number of aromatic nitrogens is 1. The van der Waals surface area contributed by atoms with Gasteiger partial charge in [-0.25, -0.2) is 0 Å². The largest absolute Gasteiger partial charge is 0.483 e. The van der Waals surface area contributed by atoms with Crippen molar-refractivity contribution in [3.8, 4) is 5.75 Å². The monoisotopic (exact) mass is 299 g/mol. The van der Waals surface area contributed by atoms with Crippen molar-refractivity contribution >= 4 is 16.7 Å². The second kappa shape index (κ2) is 6.07. The summed E-state index contributed by atoms with van der Waals surface area (Å²) in [5, 5.41) is 1.05. The van der Waals surface area contributed by atoms with Crippen molar-refractivity contribution in [2.75, 3.05) is 0 Å². The fraction of sp³-hybridized carbons (Fsp3) is 0.474. The average molecular weight is 299 g/mol. The maximum absolute atomic E-state index is 12.2. The Balaban J connectivity index is 2.22. The maximum atomic E-state index is 12.2. The highest BCUT2D eigenvalue weighted by atomic mass is 16.5. The molecule has 1 aromatic carbocycles. The number of benzene rings is 1. The third-order valence-corrected chi connectivity index (χ3v) is 3.55. The van der Waals surface area contributed by atoms with Gasteiger partial charge in [0, 0.05) is 18.0 Å². The number of nitrogens with zero attached hydrogens (tertiary/aromatic N) is 1. The van der Waals surface area contributed by atoms with Crippen molar-refractivity contribution in [2.24, 2.45) is 5.41 Å². The normalized spacial score (nSPS) is 13.2. The Morgan fingerprint density at radius 2 is 1.91 bits per heavy atom. The van der Waals surface area contributed by atoms with Crippen LogP contribution in [0.3, 0.4) is 0 Å². The molecule has 0 N–H and O–H groups in total. The molecule has 0 aliphatic rings. The van der Waals surface area contributed by atoms with E-state index in [9.17, 15) is 4.79 Å². The molecule has 0 aliphatic heterocycles. The van der Waals surface area contributed by atoms with Gasteiger partial charge in [0.15, 0.2) is 11.9 Å². The van der Waals surface area contributed by atoms with Crippen LogP contribution in [0.1, 0.15) is 45.2 Å². The van der Waals surface area contributed by atoms with Crippen molar-refractivity contribution in [3.63, 3.8) is 0 Å². The molecule has 1 aromatic heterocycles. The average Bonchev–Trinajstić information content (AvgIpc) is 2.35. The van der Waals surface area contributed by atoms with Crippen LogP contribution in [0.5, 0.6) is 5.75 Å². The van der Waals surface area contributed by atoms with E-state index < -0.39 is 6.10 Å². The molecule has 0 amide bonds. The molecule has 118 valence electrons. The molecule has 0 saturated heterocycles. The van der Waals surface area contributed by atoms with Gasteiger partial charge in [0.05, 0.1) is 5.52 Å². The number of fused-ring (bicyclic) bond motifs is 1. The predicted molar refractivity (Wildman–Crippen MR) is 90.4 cm³/mol. The summed E-state index contributed by atoms with van der Waals surface area (Å²) < 4.78 is 5.87. The van der Waals surface area contributed by atoms with Gasteiger partial charge in [-0.1, -0.05) is 20.8 Å². The lowest BCUT2D eigenvalue weighted by atomic mass is 9.89. The predicted octanol–water partition coefficient (Wildman–Crippen LogP) is 4.62. The SMILES string of the molecule is Cc1cnc2c(C)cc(OC(C)C(=O)CC(C)(C)C)cc2c1. The highest BCUT2D eigenvalue weighted by Gasteiger charge is 2.22. The number of Topliss-reactive ketones (excluding diaryl/α,β-unsaturated/α-hetero) is 1. The zero-order valence-corrected chi connectivity index (χ0v) is 14.4. The summed E-state index contributed by atoms with van der Waals surface area (Å²) in [7, 11) is 0. The van der Waals surface area contributed by atoms with Crippen molar-refractivity contribution in [3.05, 3.63) is 35.5 Å². The van der Waals surface area contributed by atoms with E-state index in [2.05, 4.69) is 31.8 Å². The Kier molecular flexibility index (Phi) is 4.55. The first-order valence-corrected chi connectivity index (χ1v) is 7.72. The van der Waals surface area contributed by atoms with Crippen molar-refractivity contribution in [2.45, 2.75) is 54.1 Å². The van der Waals surface area contributed by atoms with Gasteiger partial charge >= 0.3 is 0 Å². The second-order valence-electron chi connectivity index (χ2n) is 7.29. The number of aryl methyl sites for hydroxylation is 2. The summed E-state index contributed by atoms with van der Waals surface area (Å²) in [5.74, 6) is 0.861. The fourth-order valence-electron chi connectivity index (χ4n) is 2.51. The molecule has 0 bridgehead atoms. The van der Waals surface area contributed by atoms with Crippen LogP contribution in [0.4, 0.5) is 0 Å². The van der Waals surface area contributed by atoms with E-state index in [4.69, 9.17) is 4.74 Å². The van der Waals surface area contributed by atoms with Gasteiger partial charge in [-0.3, -0.25) is 9.78 Å². The van der Waals surface area contributed by atoms with E-state index in [0.717, 1.165) is 27.8 Å². The number of carbonyl (C=O) groups is 1. The number of rotatable bonds is 4. The lowest BCUT2D eigenvalue weighted by Gasteiger charge is -2.21. The first-order chi connectivity index (χ1) is 10.2. The van der Waals surface area contributed by atoms with Crippen LogP contribution in [-0.4, -0.2) is 16.9 Å². The summed E-state index contributed by atoms with van der Waals surface area (Å²) in [5.41, 5.74) is 3.13. The van der Waals surface area contributed by atoms with E-state index in [0.29, 0.717) is 6.42 Å². The van der Waals surface area contributed by atoms with E-state index in [1.807, 2.05) is 39.1 Å². The molecule has 3 heteroatoms. The number of hydrogen-bond acceptors (Lipinski definition) is 3.